The standard InChI is InChI=1S/C25H28N4O2/c1-18-21(24(31)29-23(28-18)19-11-15-26-16-12-19)9-10-22(30)27-17-25(13-5-6-14-25)20-7-3-2-4-8-20/h2-4,7-8,11-12,15-16H,5-6,9-10,13-14,17H2,1H3,(H,27,30)(H,28,29,31). The van der Waals surface area contributed by atoms with E-state index >= 15 is 0 Å². The normalized spacial score (nSPS) is 15.0. The topological polar surface area (TPSA) is 87.7 Å². The van der Waals surface area contributed by atoms with Gasteiger partial charge in [0.05, 0.1) is 0 Å². The predicted octanol–water partition coefficient (Wildman–Crippen LogP) is 3.70. The molecule has 0 radical (unpaired) electrons. The van der Waals surface area contributed by atoms with Crippen molar-refractivity contribution in [2.45, 2.75) is 50.9 Å². The number of nitrogens with one attached hydrogen (secondary N) is 2. The third kappa shape index (κ3) is 4.74. The smallest absolute Gasteiger partial charge is 0.254 e. The van der Waals surface area contributed by atoms with Crippen molar-refractivity contribution in [1.82, 2.24) is 20.3 Å². The number of amides is 1. The van der Waals surface area contributed by atoms with Crippen LogP contribution in [0.15, 0.2) is 59.7 Å². The summed E-state index contributed by atoms with van der Waals surface area (Å²) in [4.78, 5) is 36.6. The summed E-state index contributed by atoms with van der Waals surface area (Å²) in [5.41, 5.74) is 3.16. The van der Waals surface area contributed by atoms with Gasteiger partial charge in [-0.25, -0.2) is 4.98 Å². The van der Waals surface area contributed by atoms with Gasteiger partial charge in [0.1, 0.15) is 5.82 Å². The van der Waals surface area contributed by atoms with Crippen molar-refractivity contribution in [2.24, 2.45) is 0 Å². The molecule has 1 amide bonds. The van der Waals surface area contributed by atoms with Gasteiger partial charge in [0.15, 0.2) is 0 Å². The van der Waals surface area contributed by atoms with Crippen LogP contribution in [0.1, 0.15) is 48.9 Å². The van der Waals surface area contributed by atoms with Gasteiger partial charge in [-0.1, -0.05) is 43.2 Å². The number of carbonyl (C=O) groups excluding carboxylic acids is 1. The summed E-state index contributed by atoms with van der Waals surface area (Å²) in [5, 5.41) is 3.13. The van der Waals surface area contributed by atoms with E-state index in [0.29, 0.717) is 30.0 Å². The van der Waals surface area contributed by atoms with Crippen molar-refractivity contribution in [1.29, 1.82) is 0 Å². The Hall–Kier alpha value is -3.28. The number of pyridine rings is 1. The van der Waals surface area contributed by atoms with Gasteiger partial charge in [0, 0.05) is 47.6 Å². The first-order valence-corrected chi connectivity index (χ1v) is 10.9. The molecule has 1 saturated carbocycles. The SMILES string of the molecule is Cc1nc(-c2ccncc2)[nH]c(=O)c1CCC(=O)NCC1(c2ccccc2)CCCC1. The molecule has 4 rings (SSSR count). The Kier molecular flexibility index (Phi) is 6.26. The largest absolute Gasteiger partial charge is 0.355 e. The molecule has 2 heterocycles. The minimum Gasteiger partial charge on any atom is -0.355 e. The van der Waals surface area contributed by atoms with Crippen molar-refractivity contribution in [3.8, 4) is 11.4 Å². The minimum atomic E-state index is -0.191. The molecule has 1 aliphatic carbocycles. The molecule has 2 N–H and O–H groups in total. The molecule has 0 saturated heterocycles. The zero-order valence-electron chi connectivity index (χ0n) is 17.9. The molecule has 31 heavy (non-hydrogen) atoms. The highest BCUT2D eigenvalue weighted by atomic mass is 16.1. The van der Waals surface area contributed by atoms with Crippen LogP contribution in [0.2, 0.25) is 0 Å². The lowest BCUT2D eigenvalue weighted by Gasteiger charge is -2.30. The third-order valence-corrected chi connectivity index (χ3v) is 6.35. The summed E-state index contributed by atoms with van der Waals surface area (Å²) >= 11 is 0. The molecule has 0 bridgehead atoms. The number of hydrogen-bond acceptors (Lipinski definition) is 4. The number of rotatable bonds is 7. The number of benzene rings is 1. The second-order valence-electron chi connectivity index (χ2n) is 8.34. The van der Waals surface area contributed by atoms with E-state index in [9.17, 15) is 9.59 Å². The fourth-order valence-electron chi connectivity index (χ4n) is 4.56. The van der Waals surface area contributed by atoms with Crippen molar-refractivity contribution in [3.63, 3.8) is 0 Å². The first-order chi connectivity index (χ1) is 15.1. The Bertz CT molecular complexity index is 1090. The number of aromatic nitrogens is 3. The summed E-state index contributed by atoms with van der Waals surface area (Å²) in [6.07, 6.45) is 8.53. The number of nitrogens with zero attached hydrogens (tertiary/aromatic N) is 2. The van der Waals surface area contributed by atoms with Crippen LogP contribution in [0.3, 0.4) is 0 Å². The van der Waals surface area contributed by atoms with Crippen LogP contribution >= 0.6 is 0 Å². The maximum absolute atomic E-state index is 12.6. The molecule has 0 unspecified atom stereocenters. The van der Waals surface area contributed by atoms with E-state index < -0.39 is 0 Å². The van der Waals surface area contributed by atoms with Gasteiger partial charge in [0.2, 0.25) is 5.91 Å². The Balaban J connectivity index is 1.39. The monoisotopic (exact) mass is 416 g/mol. The minimum absolute atomic E-state index is 0.0258. The third-order valence-electron chi connectivity index (χ3n) is 6.35. The first-order valence-electron chi connectivity index (χ1n) is 10.9. The van der Waals surface area contributed by atoms with Gasteiger partial charge < -0.3 is 10.3 Å². The van der Waals surface area contributed by atoms with Crippen LogP contribution in [0.25, 0.3) is 11.4 Å². The Morgan fingerprint density at radius 1 is 1.10 bits per heavy atom. The van der Waals surface area contributed by atoms with Crippen LogP contribution in [-0.4, -0.2) is 27.4 Å². The number of aryl methyl sites for hydroxylation is 1. The molecule has 6 nitrogen and oxygen atoms in total. The molecule has 3 aromatic rings. The molecule has 0 atom stereocenters. The predicted molar refractivity (Wildman–Crippen MR) is 121 cm³/mol. The molecule has 0 spiro atoms. The van der Waals surface area contributed by atoms with Gasteiger partial charge in [-0.15, -0.1) is 0 Å². The Morgan fingerprint density at radius 2 is 1.81 bits per heavy atom. The number of H-pyrrole nitrogens is 1. The zero-order valence-corrected chi connectivity index (χ0v) is 17.9. The Labute approximate surface area is 182 Å². The number of hydrogen-bond donors (Lipinski definition) is 2. The molecule has 1 aromatic carbocycles. The fraction of sp³-hybridized carbons (Fsp3) is 0.360. The van der Waals surface area contributed by atoms with Crippen molar-refractivity contribution >= 4 is 5.91 Å². The average Bonchev–Trinajstić information content (AvgIpc) is 3.28. The van der Waals surface area contributed by atoms with Crippen molar-refractivity contribution < 1.29 is 4.79 Å². The number of aromatic amines is 1. The van der Waals surface area contributed by atoms with Crippen LogP contribution in [-0.2, 0) is 16.6 Å². The molecule has 6 heteroatoms. The molecule has 1 fully saturated rings. The summed E-state index contributed by atoms with van der Waals surface area (Å²) in [6.45, 7) is 2.46. The van der Waals surface area contributed by atoms with E-state index in [1.165, 1.54) is 18.4 Å². The lowest BCUT2D eigenvalue weighted by molar-refractivity contribution is -0.121. The van der Waals surface area contributed by atoms with Crippen LogP contribution in [0.5, 0.6) is 0 Å². The molecule has 1 aliphatic rings. The van der Waals surface area contributed by atoms with Gasteiger partial charge in [-0.05, 0) is 43.9 Å². The van der Waals surface area contributed by atoms with Crippen LogP contribution in [0.4, 0.5) is 0 Å². The second kappa shape index (κ2) is 9.25. The average molecular weight is 417 g/mol. The maximum Gasteiger partial charge on any atom is 0.254 e. The number of carbonyl (C=O) groups is 1. The van der Waals surface area contributed by atoms with Gasteiger partial charge in [-0.3, -0.25) is 14.6 Å². The molecular weight excluding hydrogens is 388 g/mol. The lowest BCUT2D eigenvalue weighted by atomic mass is 9.79. The first kappa shape index (κ1) is 21.0. The summed E-state index contributed by atoms with van der Waals surface area (Å²) in [6, 6.07) is 14.1. The van der Waals surface area contributed by atoms with E-state index in [1.807, 2.05) is 13.0 Å². The zero-order chi connectivity index (χ0) is 21.7. The van der Waals surface area contributed by atoms with E-state index in [4.69, 9.17) is 0 Å². The van der Waals surface area contributed by atoms with Gasteiger partial charge in [0.25, 0.3) is 5.56 Å². The maximum atomic E-state index is 12.6. The highest BCUT2D eigenvalue weighted by Crippen LogP contribution is 2.40. The summed E-state index contributed by atoms with van der Waals surface area (Å²) < 4.78 is 0. The van der Waals surface area contributed by atoms with Crippen LogP contribution < -0.4 is 10.9 Å². The quantitative estimate of drug-likeness (QED) is 0.615. The molecule has 2 aromatic heterocycles. The van der Waals surface area contributed by atoms with E-state index in [-0.39, 0.29) is 23.3 Å². The van der Waals surface area contributed by atoms with Crippen molar-refractivity contribution in [3.05, 3.63) is 82.0 Å². The lowest BCUT2D eigenvalue weighted by Crippen LogP contribution is -2.39. The van der Waals surface area contributed by atoms with Crippen LogP contribution in [0, 0.1) is 6.92 Å². The highest BCUT2D eigenvalue weighted by Gasteiger charge is 2.35. The summed E-state index contributed by atoms with van der Waals surface area (Å²) in [5.74, 6) is 0.489. The van der Waals surface area contributed by atoms with E-state index in [0.717, 1.165) is 18.4 Å². The Morgan fingerprint density at radius 3 is 2.48 bits per heavy atom. The molecule has 160 valence electrons. The second-order valence-corrected chi connectivity index (χ2v) is 8.34. The highest BCUT2D eigenvalue weighted by molar-refractivity contribution is 5.76. The van der Waals surface area contributed by atoms with E-state index in [1.54, 1.807) is 24.5 Å². The van der Waals surface area contributed by atoms with Crippen molar-refractivity contribution in [2.75, 3.05) is 6.54 Å². The van der Waals surface area contributed by atoms with Gasteiger partial charge in [-0.2, -0.15) is 0 Å². The fourth-order valence-corrected chi connectivity index (χ4v) is 4.56. The molecule has 0 aliphatic heterocycles. The molecular formula is C25H28N4O2. The van der Waals surface area contributed by atoms with Gasteiger partial charge >= 0.3 is 0 Å². The summed E-state index contributed by atoms with van der Waals surface area (Å²) in [7, 11) is 0. The van der Waals surface area contributed by atoms with E-state index in [2.05, 4.69) is 44.5 Å².